The monoisotopic (exact) mass is 524 g/mol. The van der Waals surface area contributed by atoms with E-state index in [4.69, 9.17) is 8.83 Å². The Morgan fingerprint density at radius 3 is 1.27 bits per heavy atom. The Bertz CT molecular complexity index is 1940. The summed E-state index contributed by atoms with van der Waals surface area (Å²) in [6.07, 6.45) is 7.82. The smallest absolute Gasteiger partial charge is 0.139 e. The first-order valence-corrected chi connectivity index (χ1v) is 15.0. The van der Waals surface area contributed by atoms with E-state index in [0.29, 0.717) is 0 Å². The van der Waals surface area contributed by atoms with Gasteiger partial charge in [0.15, 0.2) is 0 Å². The Morgan fingerprint density at radius 1 is 0.375 bits per heavy atom. The second-order valence-electron chi connectivity index (χ2n) is 11.9. The number of fused-ring (bicyclic) bond motifs is 8. The van der Waals surface area contributed by atoms with E-state index in [2.05, 4.69) is 82.6 Å². The van der Waals surface area contributed by atoms with Gasteiger partial charge in [-0.2, -0.15) is 0 Å². The minimum Gasteiger partial charge on any atom is -0.456 e. The number of benzene rings is 5. The molecular weight excluding hydrogens is 492 g/mol. The molecule has 4 heteroatoms. The van der Waals surface area contributed by atoms with Crippen molar-refractivity contribution in [2.24, 2.45) is 0 Å². The third-order valence-electron chi connectivity index (χ3n) is 9.39. The van der Waals surface area contributed by atoms with Gasteiger partial charge < -0.3 is 18.6 Å². The molecule has 0 atom stereocenters. The Labute approximate surface area is 232 Å². The third-order valence-corrected chi connectivity index (χ3v) is 9.39. The van der Waals surface area contributed by atoms with E-state index in [1.807, 2.05) is 0 Å². The number of piperidine rings is 2. The van der Waals surface area contributed by atoms with Crippen LogP contribution in [0.15, 0.2) is 81.6 Å². The summed E-state index contributed by atoms with van der Waals surface area (Å²) in [6, 6.07) is 27.1. The number of rotatable bonds is 2. The van der Waals surface area contributed by atoms with Gasteiger partial charge in [-0.05, 0) is 115 Å². The predicted octanol–water partition coefficient (Wildman–Crippen LogP) is 9.77. The highest BCUT2D eigenvalue weighted by Crippen LogP contribution is 2.40. The maximum Gasteiger partial charge on any atom is 0.139 e. The lowest BCUT2D eigenvalue weighted by Gasteiger charge is -2.29. The van der Waals surface area contributed by atoms with Crippen molar-refractivity contribution < 1.29 is 8.83 Å². The van der Waals surface area contributed by atoms with E-state index in [1.165, 1.54) is 71.4 Å². The molecule has 4 nitrogen and oxygen atoms in total. The van der Waals surface area contributed by atoms with Gasteiger partial charge >= 0.3 is 0 Å². The van der Waals surface area contributed by atoms with Gasteiger partial charge in [-0.15, -0.1) is 0 Å². The van der Waals surface area contributed by atoms with Crippen LogP contribution in [0, 0.1) is 0 Å². The average Bonchev–Trinajstić information content (AvgIpc) is 3.53. The molecule has 0 spiro atoms. The van der Waals surface area contributed by atoms with E-state index in [-0.39, 0.29) is 0 Å². The molecule has 40 heavy (non-hydrogen) atoms. The Balaban J connectivity index is 1.17. The quantitative estimate of drug-likeness (QED) is 0.225. The average molecular weight is 525 g/mol. The fraction of sp³-hybridized carbons (Fsp3) is 0.278. The maximum absolute atomic E-state index is 6.43. The first-order chi connectivity index (χ1) is 19.8. The van der Waals surface area contributed by atoms with Crippen LogP contribution in [0.2, 0.25) is 0 Å². The number of hydrogen-bond acceptors (Lipinski definition) is 4. The molecule has 0 amide bonds. The lowest BCUT2D eigenvalue weighted by Crippen LogP contribution is -2.29. The minimum absolute atomic E-state index is 0.880. The zero-order chi connectivity index (χ0) is 26.2. The summed E-state index contributed by atoms with van der Waals surface area (Å²) in [5.74, 6) is 0. The highest BCUT2D eigenvalue weighted by atomic mass is 16.3. The molecule has 0 radical (unpaired) electrons. The largest absolute Gasteiger partial charge is 0.456 e. The standard InChI is InChI=1S/C36H32N2O2/c1-3-11-37(12-4-1)27-9-7-23-17-29-31-21-32-30-18-24-8-10-28(38-13-5-2-6-14-38)16-26(24)20-34(30)40-36(32)22-35(31)39-33(29)19-25(23)15-27/h7-10,15-22H,1-6,11-14H2. The molecule has 0 saturated carbocycles. The lowest BCUT2D eigenvalue weighted by atomic mass is 10.0. The van der Waals surface area contributed by atoms with Gasteiger partial charge in [-0.1, -0.05) is 12.1 Å². The van der Waals surface area contributed by atoms with Gasteiger partial charge in [0.1, 0.15) is 22.3 Å². The first kappa shape index (κ1) is 22.6. The molecule has 2 aliphatic heterocycles. The van der Waals surface area contributed by atoms with E-state index < -0.39 is 0 Å². The van der Waals surface area contributed by atoms with E-state index >= 15 is 0 Å². The molecule has 0 N–H and O–H groups in total. The van der Waals surface area contributed by atoms with Crippen molar-refractivity contribution in [1.82, 2.24) is 0 Å². The van der Waals surface area contributed by atoms with Crippen LogP contribution in [0.25, 0.3) is 65.4 Å². The molecule has 4 heterocycles. The van der Waals surface area contributed by atoms with Crippen LogP contribution in [-0.2, 0) is 0 Å². The summed E-state index contributed by atoms with van der Waals surface area (Å²) in [7, 11) is 0. The molecule has 5 aromatic carbocycles. The number of hydrogen-bond donors (Lipinski definition) is 0. The second kappa shape index (κ2) is 8.66. The van der Waals surface area contributed by atoms with Crippen molar-refractivity contribution in [3.05, 3.63) is 72.8 Å². The van der Waals surface area contributed by atoms with Crippen molar-refractivity contribution in [1.29, 1.82) is 0 Å². The van der Waals surface area contributed by atoms with Crippen LogP contribution in [0.3, 0.4) is 0 Å². The van der Waals surface area contributed by atoms with Crippen LogP contribution in [0.1, 0.15) is 38.5 Å². The summed E-state index contributed by atoms with van der Waals surface area (Å²) in [6.45, 7) is 4.61. The summed E-state index contributed by atoms with van der Waals surface area (Å²) in [4.78, 5) is 5.03. The molecule has 198 valence electrons. The number of furan rings is 2. The van der Waals surface area contributed by atoms with Crippen LogP contribution < -0.4 is 9.80 Å². The molecule has 2 aliphatic rings. The molecule has 0 bridgehead atoms. The van der Waals surface area contributed by atoms with Crippen LogP contribution in [0.4, 0.5) is 11.4 Å². The van der Waals surface area contributed by atoms with Gasteiger partial charge in [0.05, 0.1) is 0 Å². The zero-order valence-electron chi connectivity index (χ0n) is 22.7. The number of nitrogens with zero attached hydrogens (tertiary/aromatic N) is 2. The van der Waals surface area contributed by atoms with Crippen molar-refractivity contribution in [3.8, 4) is 0 Å². The molecule has 2 saturated heterocycles. The fourth-order valence-electron chi connectivity index (χ4n) is 7.20. The molecule has 9 rings (SSSR count). The minimum atomic E-state index is 0.880. The van der Waals surface area contributed by atoms with Gasteiger partial charge in [0, 0.05) is 65.2 Å². The normalized spacial score (nSPS) is 16.9. The molecule has 0 unspecified atom stereocenters. The lowest BCUT2D eigenvalue weighted by molar-refractivity contribution is 0.578. The highest BCUT2D eigenvalue weighted by Gasteiger charge is 2.17. The first-order valence-electron chi connectivity index (χ1n) is 15.0. The van der Waals surface area contributed by atoms with Gasteiger partial charge in [-0.3, -0.25) is 0 Å². The van der Waals surface area contributed by atoms with Crippen molar-refractivity contribution >= 4 is 76.8 Å². The zero-order valence-corrected chi connectivity index (χ0v) is 22.7. The van der Waals surface area contributed by atoms with Gasteiger partial charge in [0.2, 0.25) is 0 Å². The third kappa shape index (κ3) is 3.51. The predicted molar refractivity (Wildman–Crippen MR) is 168 cm³/mol. The van der Waals surface area contributed by atoms with Gasteiger partial charge in [-0.25, -0.2) is 0 Å². The number of anilines is 2. The topological polar surface area (TPSA) is 32.8 Å². The van der Waals surface area contributed by atoms with E-state index in [0.717, 1.165) is 70.1 Å². The van der Waals surface area contributed by atoms with Crippen LogP contribution >= 0.6 is 0 Å². The van der Waals surface area contributed by atoms with E-state index in [1.54, 1.807) is 0 Å². The summed E-state index contributed by atoms with van der Waals surface area (Å²) >= 11 is 0. The molecule has 7 aromatic rings. The molecular formula is C36H32N2O2. The second-order valence-corrected chi connectivity index (χ2v) is 11.9. The summed E-state index contributed by atoms with van der Waals surface area (Å²) < 4.78 is 12.9. The maximum atomic E-state index is 6.43. The van der Waals surface area contributed by atoms with E-state index in [9.17, 15) is 0 Å². The molecule has 2 aromatic heterocycles. The summed E-state index contributed by atoms with van der Waals surface area (Å²) in [5, 5.41) is 9.60. The molecule has 2 fully saturated rings. The van der Waals surface area contributed by atoms with Gasteiger partial charge in [0.25, 0.3) is 0 Å². The van der Waals surface area contributed by atoms with Crippen molar-refractivity contribution in [2.75, 3.05) is 36.0 Å². The van der Waals surface area contributed by atoms with Crippen LogP contribution in [-0.4, -0.2) is 26.2 Å². The van der Waals surface area contributed by atoms with Crippen LogP contribution in [0.5, 0.6) is 0 Å². The highest BCUT2D eigenvalue weighted by molar-refractivity contribution is 6.18. The fourth-order valence-corrected chi connectivity index (χ4v) is 7.20. The van der Waals surface area contributed by atoms with Crippen molar-refractivity contribution in [2.45, 2.75) is 38.5 Å². The SMILES string of the molecule is c1cc2cc3c(cc2cc1N1CCCCC1)oc1cc2oc4cc5cc(N6CCCCC6)ccc5cc4c2cc13. The molecule has 0 aliphatic carbocycles. The van der Waals surface area contributed by atoms with Crippen molar-refractivity contribution in [3.63, 3.8) is 0 Å². The Morgan fingerprint density at radius 2 is 0.800 bits per heavy atom. The summed E-state index contributed by atoms with van der Waals surface area (Å²) in [5.41, 5.74) is 6.27. The Kier molecular flexibility index (Phi) is 4.90. The Hall–Kier alpha value is -4.18.